The van der Waals surface area contributed by atoms with Crippen LogP contribution in [0.2, 0.25) is 0 Å². The largest absolute Gasteiger partial charge is 0.497 e. The van der Waals surface area contributed by atoms with E-state index in [2.05, 4.69) is 29.6 Å². The Balaban J connectivity index is 1.45. The first kappa shape index (κ1) is 33.4. The van der Waals surface area contributed by atoms with Crippen LogP contribution in [0.5, 0.6) is 11.5 Å². The third-order valence-electron chi connectivity index (χ3n) is 8.58. The lowest BCUT2D eigenvalue weighted by Gasteiger charge is -2.19. The van der Waals surface area contributed by atoms with Crippen LogP contribution in [-0.4, -0.2) is 42.2 Å². The number of aromatic nitrogens is 1. The molecule has 0 amide bonds. The molecule has 0 saturated carbocycles. The topological polar surface area (TPSA) is 89.8 Å². The van der Waals surface area contributed by atoms with Crippen molar-refractivity contribution < 1.29 is 24.2 Å². The first-order chi connectivity index (χ1) is 21.8. The van der Waals surface area contributed by atoms with E-state index in [0.29, 0.717) is 29.9 Å². The van der Waals surface area contributed by atoms with Crippen molar-refractivity contribution in [3.8, 4) is 11.5 Å². The van der Waals surface area contributed by atoms with Gasteiger partial charge in [0.2, 0.25) is 0 Å². The van der Waals surface area contributed by atoms with Crippen molar-refractivity contribution in [2.24, 2.45) is 13.0 Å². The summed E-state index contributed by atoms with van der Waals surface area (Å²) in [6.45, 7) is 2.84. The van der Waals surface area contributed by atoms with Gasteiger partial charge in [0.1, 0.15) is 11.5 Å². The Morgan fingerprint density at radius 3 is 1.98 bits per heavy atom. The molecule has 2 N–H and O–H groups in total. The SMILES string of the molecule is CCc1c(C(=O)c2cccc(NCC(CCc3ccc(OC)cc3)CCc3ccc(OC)cc3)c2)cc(CCCC(=O)O)n1C. The van der Waals surface area contributed by atoms with Gasteiger partial charge in [0.05, 0.1) is 14.2 Å². The number of hydrogen-bond acceptors (Lipinski definition) is 5. The average Bonchev–Trinajstić information content (AvgIpc) is 3.39. The van der Waals surface area contributed by atoms with E-state index in [-0.39, 0.29) is 12.2 Å². The number of carbonyl (C=O) groups excluding carboxylic acids is 1. The molecule has 4 rings (SSSR count). The number of rotatable bonds is 18. The minimum absolute atomic E-state index is 0.00820. The lowest BCUT2D eigenvalue weighted by molar-refractivity contribution is -0.137. The van der Waals surface area contributed by atoms with Crippen LogP contribution in [-0.2, 0) is 37.5 Å². The van der Waals surface area contributed by atoms with Crippen LogP contribution in [0.25, 0.3) is 0 Å². The van der Waals surface area contributed by atoms with E-state index in [9.17, 15) is 9.59 Å². The third-order valence-corrected chi connectivity index (χ3v) is 8.58. The quantitative estimate of drug-likeness (QED) is 0.113. The number of carboxylic acid groups (broad SMARTS) is 1. The fourth-order valence-electron chi connectivity index (χ4n) is 5.85. The van der Waals surface area contributed by atoms with Gasteiger partial charge in [-0.05, 0) is 104 Å². The average molecular weight is 611 g/mol. The number of anilines is 1. The van der Waals surface area contributed by atoms with Crippen LogP contribution >= 0.6 is 0 Å². The molecule has 0 aliphatic rings. The normalized spacial score (nSPS) is 11.0. The molecule has 0 radical (unpaired) electrons. The molecule has 0 unspecified atom stereocenters. The number of benzene rings is 3. The molecular formula is C38H46N2O5. The number of ether oxygens (including phenoxy) is 2. The molecule has 0 fully saturated rings. The Bertz CT molecular complexity index is 1490. The molecule has 1 aromatic heterocycles. The second-order valence-corrected chi connectivity index (χ2v) is 11.6. The van der Waals surface area contributed by atoms with Crippen LogP contribution < -0.4 is 14.8 Å². The van der Waals surface area contributed by atoms with Gasteiger partial charge < -0.3 is 24.5 Å². The molecule has 7 heteroatoms. The molecule has 0 spiro atoms. The van der Waals surface area contributed by atoms with E-state index < -0.39 is 5.97 Å². The molecule has 45 heavy (non-hydrogen) atoms. The zero-order chi connectivity index (χ0) is 32.2. The highest BCUT2D eigenvalue weighted by Gasteiger charge is 2.20. The fourth-order valence-corrected chi connectivity index (χ4v) is 5.85. The predicted molar refractivity (Wildman–Crippen MR) is 180 cm³/mol. The highest BCUT2D eigenvalue weighted by molar-refractivity contribution is 6.10. The maximum Gasteiger partial charge on any atom is 0.303 e. The third kappa shape index (κ3) is 9.48. The summed E-state index contributed by atoms with van der Waals surface area (Å²) in [7, 11) is 5.33. The zero-order valence-electron chi connectivity index (χ0n) is 27.0. The monoisotopic (exact) mass is 610 g/mol. The molecule has 0 aliphatic heterocycles. The number of ketones is 1. The van der Waals surface area contributed by atoms with Crippen LogP contribution in [0.1, 0.15) is 71.0 Å². The van der Waals surface area contributed by atoms with Crippen LogP contribution in [0, 0.1) is 5.92 Å². The van der Waals surface area contributed by atoms with Gasteiger partial charge in [-0.15, -0.1) is 0 Å². The van der Waals surface area contributed by atoms with Crippen molar-refractivity contribution in [3.63, 3.8) is 0 Å². The van der Waals surface area contributed by atoms with Crippen molar-refractivity contribution in [3.05, 3.63) is 113 Å². The summed E-state index contributed by atoms with van der Waals surface area (Å²) in [6, 6.07) is 26.3. The van der Waals surface area contributed by atoms with Crippen LogP contribution in [0.4, 0.5) is 5.69 Å². The van der Waals surface area contributed by atoms with Gasteiger partial charge in [0.15, 0.2) is 5.78 Å². The molecule has 1 heterocycles. The van der Waals surface area contributed by atoms with E-state index in [1.807, 2.05) is 73.1 Å². The van der Waals surface area contributed by atoms with Gasteiger partial charge in [0.25, 0.3) is 0 Å². The van der Waals surface area contributed by atoms with E-state index in [1.54, 1.807) is 14.2 Å². The minimum atomic E-state index is -0.802. The Hall–Kier alpha value is -4.52. The summed E-state index contributed by atoms with van der Waals surface area (Å²) in [6.07, 6.45) is 6.01. The van der Waals surface area contributed by atoms with Gasteiger partial charge in [-0.3, -0.25) is 9.59 Å². The number of nitrogens with zero attached hydrogens (tertiary/aromatic N) is 1. The van der Waals surface area contributed by atoms with Gasteiger partial charge in [-0.2, -0.15) is 0 Å². The van der Waals surface area contributed by atoms with E-state index >= 15 is 0 Å². The minimum Gasteiger partial charge on any atom is -0.497 e. The summed E-state index contributed by atoms with van der Waals surface area (Å²) < 4.78 is 12.7. The second-order valence-electron chi connectivity index (χ2n) is 11.6. The van der Waals surface area contributed by atoms with Gasteiger partial charge >= 0.3 is 5.97 Å². The molecule has 238 valence electrons. The number of hydrogen-bond donors (Lipinski definition) is 2. The lowest BCUT2D eigenvalue weighted by Crippen LogP contribution is -2.16. The lowest BCUT2D eigenvalue weighted by atomic mass is 9.92. The van der Waals surface area contributed by atoms with E-state index in [4.69, 9.17) is 14.6 Å². The maximum absolute atomic E-state index is 13.7. The molecular weight excluding hydrogens is 564 g/mol. The maximum atomic E-state index is 13.7. The molecule has 3 aromatic carbocycles. The zero-order valence-corrected chi connectivity index (χ0v) is 27.0. The number of aliphatic carboxylic acids is 1. The van der Waals surface area contributed by atoms with E-state index in [0.717, 1.165) is 67.2 Å². The smallest absolute Gasteiger partial charge is 0.303 e. The highest BCUT2D eigenvalue weighted by Crippen LogP contribution is 2.24. The Kier molecular flexibility index (Phi) is 12.3. The van der Waals surface area contributed by atoms with E-state index in [1.165, 1.54) is 11.1 Å². The summed E-state index contributed by atoms with van der Waals surface area (Å²) in [5.41, 5.74) is 6.80. The second kappa shape index (κ2) is 16.5. The van der Waals surface area contributed by atoms with Crippen LogP contribution in [0.15, 0.2) is 78.9 Å². The highest BCUT2D eigenvalue weighted by atomic mass is 16.5. The standard InChI is InChI=1S/C38H46N2O5/c1-5-36-35(25-32(40(36)2)10-7-11-37(41)42)38(43)30-8-6-9-31(24-30)39-26-29(14-12-27-16-20-33(44-3)21-17-27)15-13-28-18-22-34(45-4)23-19-28/h6,8-9,16-25,29,39H,5,7,10-15,26H2,1-4H3,(H,41,42). The van der Waals surface area contributed by atoms with Crippen molar-refractivity contribution in [1.82, 2.24) is 4.57 Å². The van der Waals surface area contributed by atoms with Crippen molar-refractivity contribution in [2.75, 3.05) is 26.1 Å². The first-order valence-electron chi connectivity index (χ1n) is 15.8. The summed E-state index contributed by atoms with van der Waals surface area (Å²) in [5.74, 6) is 1.34. The predicted octanol–water partition coefficient (Wildman–Crippen LogP) is 7.54. The van der Waals surface area contributed by atoms with Crippen molar-refractivity contribution in [1.29, 1.82) is 0 Å². The number of methoxy groups -OCH3 is 2. The number of carbonyl (C=O) groups is 2. The first-order valence-corrected chi connectivity index (χ1v) is 15.8. The Morgan fingerprint density at radius 2 is 1.44 bits per heavy atom. The fraction of sp³-hybridized carbons (Fsp3) is 0.368. The van der Waals surface area contributed by atoms with Crippen molar-refractivity contribution >= 4 is 17.4 Å². The number of aryl methyl sites for hydroxylation is 3. The van der Waals surface area contributed by atoms with Gasteiger partial charge in [-0.25, -0.2) is 0 Å². The molecule has 0 atom stereocenters. The molecule has 0 saturated heterocycles. The van der Waals surface area contributed by atoms with Gasteiger partial charge in [0, 0.05) is 48.2 Å². The summed E-state index contributed by atoms with van der Waals surface area (Å²) in [5, 5.41) is 12.7. The Morgan fingerprint density at radius 1 is 0.844 bits per heavy atom. The number of carboxylic acids is 1. The number of nitrogens with one attached hydrogen (secondary N) is 1. The Labute approximate surface area is 267 Å². The van der Waals surface area contributed by atoms with Crippen molar-refractivity contribution in [2.45, 2.75) is 58.3 Å². The van der Waals surface area contributed by atoms with Gasteiger partial charge in [-0.1, -0.05) is 43.3 Å². The molecule has 0 aliphatic carbocycles. The molecule has 7 nitrogen and oxygen atoms in total. The summed E-state index contributed by atoms with van der Waals surface area (Å²) >= 11 is 0. The summed E-state index contributed by atoms with van der Waals surface area (Å²) in [4.78, 5) is 24.7. The molecule has 4 aromatic rings. The van der Waals surface area contributed by atoms with Crippen LogP contribution in [0.3, 0.4) is 0 Å². The molecule has 0 bridgehead atoms.